The molecule has 2 atom stereocenters. The molecule has 0 unspecified atom stereocenters. The van der Waals surface area contributed by atoms with Crippen LogP contribution in [0.5, 0.6) is 5.75 Å². The van der Waals surface area contributed by atoms with Crippen molar-refractivity contribution in [2.45, 2.75) is 12.8 Å². The number of hydrogen-bond acceptors (Lipinski definition) is 5. The van der Waals surface area contributed by atoms with E-state index in [0.29, 0.717) is 18.5 Å². The second-order valence-electron chi connectivity index (χ2n) is 6.03. The first-order valence-electron chi connectivity index (χ1n) is 8.03. The van der Waals surface area contributed by atoms with E-state index in [2.05, 4.69) is 0 Å². The first-order chi connectivity index (χ1) is 12.1. The van der Waals surface area contributed by atoms with Crippen LogP contribution in [-0.4, -0.2) is 17.8 Å². The van der Waals surface area contributed by atoms with Gasteiger partial charge in [0, 0.05) is 6.07 Å². The van der Waals surface area contributed by atoms with Gasteiger partial charge >= 0.3 is 5.97 Å². The van der Waals surface area contributed by atoms with Crippen molar-refractivity contribution in [2.75, 3.05) is 4.90 Å². The summed E-state index contributed by atoms with van der Waals surface area (Å²) in [5, 5.41) is 0. The van der Waals surface area contributed by atoms with Crippen LogP contribution in [0.15, 0.2) is 59.2 Å². The molecule has 2 heterocycles. The van der Waals surface area contributed by atoms with Crippen molar-refractivity contribution in [3.63, 3.8) is 0 Å². The van der Waals surface area contributed by atoms with Crippen LogP contribution in [0.25, 0.3) is 0 Å². The third-order valence-corrected chi connectivity index (χ3v) is 4.52. The van der Waals surface area contributed by atoms with E-state index in [-0.39, 0.29) is 35.2 Å². The molecule has 126 valence electrons. The Bertz CT molecular complexity index is 842. The highest BCUT2D eigenvalue weighted by Crippen LogP contribution is 2.38. The van der Waals surface area contributed by atoms with Crippen LogP contribution in [0.3, 0.4) is 0 Å². The Labute approximate surface area is 143 Å². The number of allylic oxidation sites excluding steroid dienone is 2. The minimum atomic E-state index is -0.640. The lowest BCUT2D eigenvalue weighted by molar-refractivity contribution is -0.122. The molecule has 6 nitrogen and oxygen atoms in total. The van der Waals surface area contributed by atoms with Gasteiger partial charge in [0.2, 0.25) is 17.6 Å². The normalized spacial score (nSPS) is 22.2. The number of rotatable bonds is 3. The molecule has 1 aliphatic heterocycles. The van der Waals surface area contributed by atoms with Gasteiger partial charge in [-0.3, -0.25) is 9.59 Å². The van der Waals surface area contributed by atoms with E-state index < -0.39 is 5.97 Å². The number of benzene rings is 1. The Morgan fingerprint density at radius 2 is 1.76 bits per heavy atom. The van der Waals surface area contributed by atoms with Gasteiger partial charge in [-0.1, -0.05) is 18.2 Å². The van der Waals surface area contributed by atoms with Crippen LogP contribution in [-0.2, 0) is 9.59 Å². The number of hydrogen-bond donors (Lipinski definition) is 0. The summed E-state index contributed by atoms with van der Waals surface area (Å²) >= 11 is 0. The van der Waals surface area contributed by atoms with Gasteiger partial charge in [-0.25, -0.2) is 9.69 Å². The summed E-state index contributed by atoms with van der Waals surface area (Å²) in [6.07, 6.45) is 6.43. The summed E-state index contributed by atoms with van der Waals surface area (Å²) < 4.78 is 10.2. The number of imide groups is 1. The molecule has 6 heteroatoms. The van der Waals surface area contributed by atoms with Crippen molar-refractivity contribution in [1.82, 2.24) is 0 Å². The van der Waals surface area contributed by atoms with E-state index in [1.807, 2.05) is 12.2 Å². The molecule has 1 aliphatic carbocycles. The topological polar surface area (TPSA) is 76.8 Å². The number of esters is 1. The molecule has 25 heavy (non-hydrogen) atoms. The summed E-state index contributed by atoms with van der Waals surface area (Å²) in [4.78, 5) is 38.4. The lowest BCUT2D eigenvalue weighted by Gasteiger charge is -2.15. The molecule has 0 saturated carbocycles. The van der Waals surface area contributed by atoms with Crippen molar-refractivity contribution in [1.29, 1.82) is 0 Å². The quantitative estimate of drug-likeness (QED) is 0.372. The molecular weight excluding hydrogens is 322 g/mol. The molecule has 2 amide bonds. The molecule has 1 aromatic carbocycles. The molecule has 2 aromatic rings. The minimum absolute atomic E-state index is 0.0795. The second-order valence-corrected chi connectivity index (χ2v) is 6.03. The van der Waals surface area contributed by atoms with Crippen LogP contribution >= 0.6 is 0 Å². The summed E-state index contributed by atoms with van der Waals surface area (Å²) in [7, 11) is 0. The van der Waals surface area contributed by atoms with E-state index in [0.717, 1.165) is 0 Å². The molecule has 0 bridgehead atoms. The zero-order valence-corrected chi connectivity index (χ0v) is 13.3. The third-order valence-electron chi connectivity index (χ3n) is 4.52. The summed E-state index contributed by atoms with van der Waals surface area (Å²) in [6.45, 7) is 0. The third kappa shape index (κ3) is 2.65. The Kier molecular flexibility index (Phi) is 3.72. The van der Waals surface area contributed by atoms with Crippen molar-refractivity contribution in [3.05, 3.63) is 60.6 Å². The van der Waals surface area contributed by atoms with Gasteiger partial charge in [0.15, 0.2) is 0 Å². The maximum absolute atomic E-state index is 12.6. The SMILES string of the molecule is O=C(Oc1cccc(N2C(=O)[C@H]3CC=CC[C@H]3C2=O)c1)c1ccco1. The highest BCUT2D eigenvalue weighted by Gasteiger charge is 2.47. The lowest BCUT2D eigenvalue weighted by Crippen LogP contribution is -2.30. The maximum atomic E-state index is 12.6. The first-order valence-corrected chi connectivity index (χ1v) is 8.03. The summed E-state index contributed by atoms with van der Waals surface area (Å²) in [5.41, 5.74) is 0.411. The smallest absolute Gasteiger partial charge is 0.379 e. The maximum Gasteiger partial charge on any atom is 0.379 e. The Balaban J connectivity index is 1.58. The van der Waals surface area contributed by atoms with Gasteiger partial charge in [0.1, 0.15) is 5.75 Å². The number of carbonyl (C=O) groups is 3. The second kappa shape index (κ2) is 6.05. The standard InChI is InChI=1S/C19H15NO5/c21-17-14-7-1-2-8-15(14)18(22)20(17)12-5-3-6-13(11-12)25-19(23)16-9-4-10-24-16/h1-6,9-11,14-15H,7-8H2/t14-,15+. The fourth-order valence-corrected chi connectivity index (χ4v) is 3.29. The predicted octanol–water partition coefficient (Wildman–Crippen LogP) is 2.95. The van der Waals surface area contributed by atoms with Crippen LogP contribution in [0, 0.1) is 11.8 Å². The summed E-state index contributed by atoms with van der Waals surface area (Å²) in [6, 6.07) is 9.48. The van der Waals surface area contributed by atoms with Crippen molar-refractivity contribution in [2.24, 2.45) is 11.8 Å². The molecule has 1 fully saturated rings. The van der Waals surface area contributed by atoms with Gasteiger partial charge in [-0.05, 0) is 37.1 Å². The van der Waals surface area contributed by atoms with Gasteiger partial charge in [0.25, 0.3) is 0 Å². The molecule has 1 saturated heterocycles. The molecule has 0 spiro atoms. The summed E-state index contributed by atoms with van der Waals surface area (Å²) in [5.74, 6) is -1.32. The minimum Gasteiger partial charge on any atom is -0.457 e. The van der Waals surface area contributed by atoms with Crippen molar-refractivity contribution >= 4 is 23.5 Å². The Morgan fingerprint density at radius 1 is 1.04 bits per heavy atom. The van der Waals surface area contributed by atoms with Crippen LogP contribution in [0.1, 0.15) is 23.4 Å². The Morgan fingerprint density at radius 3 is 2.40 bits per heavy atom. The van der Waals surface area contributed by atoms with Crippen LogP contribution < -0.4 is 9.64 Å². The number of ether oxygens (including phenoxy) is 1. The van der Waals surface area contributed by atoms with Gasteiger partial charge in [0.05, 0.1) is 23.8 Å². The average Bonchev–Trinajstić information content (AvgIpc) is 3.24. The average molecular weight is 337 g/mol. The van der Waals surface area contributed by atoms with E-state index in [4.69, 9.17) is 9.15 Å². The predicted molar refractivity (Wildman–Crippen MR) is 88.0 cm³/mol. The molecule has 0 N–H and O–H groups in total. The van der Waals surface area contributed by atoms with E-state index in [1.54, 1.807) is 24.3 Å². The van der Waals surface area contributed by atoms with Gasteiger partial charge in [-0.15, -0.1) is 0 Å². The number of fused-ring (bicyclic) bond motifs is 1. The lowest BCUT2D eigenvalue weighted by atomic mass is 9.85. The highest BCUT2D eigenvalue weighted by molar-refractivity contribution is 6.22. The van der Waals surface area contributed by atoms with Gasteiger partial charge < -0.3 is 9.15 Å². The van der Waals surface area contributed by atoms with E-state index in [1.165, 1.54) is 23.3 Å². The number of amides is 2. The molecule has 1 aromatic heterocycles. The van der Waals surface area contributed by atoms with Crippen LogP contribution in [0.2, 0.25) is 0 Å². The molecule has 4 rings (SSSR count). The van der Waals surface area contributed by atoms with E-state index >= 15 is 0 Å². The Hall–Kier alpha value is -3.15. The van der Waals surface area contributed by atoms with Crippen molar-refractivity contribution in [3.8, 4) is 5.75 Å². The molecule has 2 aliphatic rings. The van der Waals surface area contributed by atoms with Crippen LogP contribution in [0.4, 0.5) is 5.69 Å². The van der Waals surface area contributed by atoms with Gasteiger partial charge in [-0.2, -0.15) is 0 Å². The number of furan rings is 1. The zero-order valence-electron chi connectivity index (χ0n) is 13.3. The fraction of sp³-hybridized carbons (Fsp3) is 0.211. The number of nitrogens with zero attached hydrogens (tertiary/aromatic N) is 1. The monoisotopic (exact) mass is 337 g/mol. The van der Waals surface area contributed by atoms with E-state index in [9.17, 15) is 14.4 Å². The fourth-order valence-electron chi connectivity index (χ4n) is 3.29. The molecule has 0 radical (unpaired) electrons. The zero-order chi connectivity index (χ0) is 17.4. The number of anilines is 1. The largest absolute Gasteiger partial charge is 0.457 e. The molecular formula is C19H15NO5. The highest BCUT2D eigenvalue weighted by atomic mass is 16.5. The number of carbonyl (C=O) groups excluding carboxylic acids is 3. The first kappa shape index (κ1) is 15.4. The van der Waals surface area contributed by atoms with Crippen molar-refractivity contribution < 1.29 is 23.5 Å².